The number of anilines is 1. The van der Waals surface area contributed by atoms with Crippen LogP contribution in [0.4, 0.5) is 5.69 Å². The number of nitrogens with one attached hydrogen (secondary N) is 1. The van der Waals surface area contributed by atoms with E-state index in [0.717, 1.165) is 16.3 Å². The van der Waals surface area contributed by atoms with Gasteiger partial charge >= 0.3 is 5.97 Å². The molecule has 0 aromatic heterocycles. The van der Waals surface area contributed by atoms with Crippen molar-refractivity contribution in [3.63, 3.8) is 0 Å². The van der Waals surface area contributed by atoms with Gasteiger partial charge in [-0.05, 0) is 40.6 Å². The molecule has 1 aliphatic heterocycles. The number of morpholine rings is 1. The number of carbonyl (C=O) groups is 2. The summed E-state index contributed by atoms with van der Waals surface area (Å²) in [6.07, 6.45) is 0.0583. The van der Waals surface area contributed by atoms with E-state index in [1.165, 1.54) is 28.6 Å². The summed E-state index contributed by atoms with van der Waals surface area (Å²) in [5.41, 5.74) is 1.24. The fourth-order valence-corrected chi connectivity index (χ4v) is 5.05. The van der Waals surface area contributed by atoms with E-state index in [9.17, 15) is 18.0 Å². The Balaban J connectivity index is 1.30. The second-order valence-electron chi connectivity index (χ2n) is 7.56. The predicted molar refractivity (Wildman–Crippen MR) is 123 cm³/mol. The monoisotopic (exact) mass is 468 g/mol. The van der Waals surface area contributed by atoms with E-state index >= 15 is 0 Å². The lowest BCUT2D eigenvalue weighted by molar-refractivity contribution is -0.146. The largest absolute Gasteiger partial charge is 0.455 e. The third kappa shape index (κ3) is 5.57. The number of rotatable bonds is 7. The summed E-state index contributed by atoms with van der Waals surface area (Å²) in [7, 11) is -3.60. The topological polar surface area (TPSA) is 102 Å². The number of fused-ring (bicyclic) bond motifs is 1. The molecule has 0 saturated carbocycles. The van der Waals surface area contributed by atoms with Gasteiger partial charge < -0.3 is 14.8 Å². The van der Waals surface area contributed by atoms with Crippen molar-refractivity contribution >= 4 is 38.4 Å². The van der Waals surface area contributed by atoms with E-state index in [0.29, 0.717) is 32.0 Å². The van der Waals surface area contributed by atoms with Gasteiger partial charge in [-0.1, -0.05) is 42.5 Å². The predicted octanol–water partition coefficient (Wildman–Crippen LogP) is 2.59. The average molecular weight is 469 g/mol. The fraction of sp³-hybridized carbons (Fsp3) is 0.250. The van der Waals surface area contributed by atoms with Gasteiger partial charge in [0.05, 0.1) is 24.5 Å². The van der Waals surface area contributed by atoms with Crippen molar-refractivity contribution in [2.45, 2.75) is 11.3 Å². The first-order valence-electron chi connectivity index (χ1n) is 10.5. The van der Waals surface area contributed by atoms with Crippen LogP contribution in [0.2, 0.25) is 0 Å². The highest BCUT2D eigenvalue weighted by atomic mass is 32.2. The summed E-state index contributed by atoms with van der Waals surface area (Å²) in [5.74, 6) is -1.02. The Kier molecular flexibility index (Phi) is 7.02. The Morgan fingerprint density at radius 2 is 1.64 bits per heavy atom. The lowest BCUT2D eigenvalue weighted by Crippen LogP contribution is -2.40. The molecule has 0 unspecified atom stereocenters. The summed E-state index contributed by atoms with van der Waals surface area (Å²) in [6.45, 7) is 0.923. The van der Waals surface area contributed by atoms with Crippen LogP contribution in [0.25, 0.3) is 10.8 Å². The maximum atomic E-state index is 12.7. The Labute approximate surface area is 192 Å². The molecule has 1 fully saturated rings. The van der Waals surface area contributed by atoms with Gasteiger partial charge in [-0.25, -0.2) is 8.42 Å². The third-order valence-electron chi connectivity index (χ3n) is 5.32. The smallest absolute Gasteiger partial charge is 0.310 e. The molecule has 0 radical (unpaired) electrons. The van der Waals surface area contributed by atoms with Crippen molar-refractivity contribution in [2.24, 2.45) is 0 Å². The molecule has 172 valence electrons. The lowest BCUT2D eigenvalue weighted by Gasteiger charge is -2.26. The van der Waals surface area contributed by atoms with Gasteiger partial charge in [-0.15, -0.1) is 0 Å². The number of esters is 1. The first-order chi connectivity index (χ1) is 15.9. The molecule has 3 aromatic rings. The Bertz CT molecular complexity index is 1250. The number of sulfonamides is 1. The number of nitrogens with zero attached hydrogens (tertiary/aromatic N) is 1. The first kappa shape index (κ1) is 22.9. The van der Waals surface area contributed by atoms with Crippen LogP contribution < -0.4 is 5.32 Å². The van der Waals surface area contributed by atoms with Crippen LogP contribution in [0.3, 0.4) is 0 Å². The standard InChI is InChI=1S/C24H24N2O6S/c27-23(17-32-24(28)16-19-6-3-5-18-4-1-2-7-22(18)19)25-20-8-10-21(11-9-20)33(29,30)26-12-14-31-15-13-26/h1-11H,12-17H2,(H,25,27). The van der Waals surface area contributed by atoms with E-state index in [-0.39, 0.29) is 11.3 Å². The van der Waals surface area contributed by atoms with Gasteiger partial charge in [-0.2, -0.15) is 4.31 Å². The molecule has 0 aliphatic carbocycles. The second-order valence-corrected chi connectivity index (χ2v) is 9.50. The molecule has 1 aliphatic rings. The molecular weight excluding hydrogens is 444 g/mol. The molecule has 3 aromatic carbocycles. The van der Waals surface area contributed by atoms with Gasteiger partial charge in [0.1, 0.15) is 0 Å². The SMILES string of the molecule is O=C(COC(=O)Cc1cccc2ccccc12)Nc1ccc(S(=O)(=O)N2CCOCC2)cc1. The normalized spacial score (nSPS) is 14.7. The van der Waals surface area contributed by atoms with Crippen LogP contribution in [0.1, 0.15) is 5.56 Å². The minimum atomic E-state index is -3.60. The molecule has 0 bridgehead atoms. The molecule has 4 rings (SSSR count). The van der Waals surface area contributed by atoms with Crippen LogP contribution in [0.15, 0.2) is 71.6 Å². The Hall–Kier alpha value is -3.27. The molecule has 9 heteroatoms. The van der Waals surface area contributed by atoms with E-state index in [1.807, 2.05) is 42.5 Å². The van der Waals surface area contributed by atoms with Crippen LogP contribution in [-0.4, -0.2) is 57.5 Å². The number of hydrogen-bond donors (Lipinski definition) is 1. The summed E-state index contributed by atoms with van der Waals surface area (Å²) >= 11 is 0. The van der Waals surface area contributed by atoms with Crippen LogP contribution in [0.5, 0.6) is 0 Å². The molecule has 1 heterocycles. The van der Waals surface area contributed by atoms with Gasteiger partial charge in [0.25, 0.3) is 5.91 Å². The number of amides is 1. The quantitative estimate of drug-likeness (QED) is 0.535. The average Bonchev–Trinajstić information content (AvgIpc) is 2.84. The zero-order valence-electron chi connectivity index (χ0n) is 17.9. The molecule has 1 amide bonds. The third-order valence-corrected chi connectivity index (χ3v) is 7.24. The minimum Gasteiger partial charge on any atom is -0.455 e. The maximum absolute atomic E-state index is 12.7. The van der Waals surface area contributed by atoms with E-state index in [1.54, 1.807) is 0 Å². The van der Waals surface area contributed by atoms with Gasteiger partial charge in [0.15, 0.2) is 6.61 Å². The molecule has 0 spiro atoms. The van der Waals surface area contributed by atoms with Crippen molar-refractivity contribution in [3.05, 3.63) is 72.3 Å². The summed E-state index contributed by atoms with van der Waals surface area (Å²) < 4.78 is 37.0. The van der Waals surface area contributed by atoms with Gasteiger partial charge in [-0.3, -0.25) is 9.59 Å². The van der Waals surface area contributed by atoms with Crippen molar-refractivity contribution in [1.29, 1.82) is 0 Å². The molecule has 0 atom stereocenters. The van der Waals surface area contributed by atoms with Gasteiger partial charge in [0, 0.05) is 18.8 Å². The first-order valence-corrected chi connectivity index (χ1v) is 12.0. The lowest BCUT2D eigenvalue weighted by atomic mass is 10.0. The van der Waals surface area contributed by atoms with Crippen molar-refractivity contribution in [2.75, 3.05) is 38.2 Å². The van der Waals surface area contributed by atoms with Crippen molar-refractivity contribution < 1.29 is 27.5 Å². The van der Waals surface area contributed by atoms with Gasteiger partial charge in [0.2, 0.25) is 10.0 Å². The van der Waals surface area contributed by atoms with E-state index in [2.05, 4.69) is 5.32 Å². The highest BCUT2D eigenvalue weighted by Crippen LogP contribution is 2.20. The summed E-state index contributed by atoms with van der Waals surface area (Å²) in [5, 5.41) is 4.60. The summed E-state index contributed by atoms with van der Waals surface area (Å²) in [6, 6.07) is 19.3. The second kappa shape index (κ2) is 10.1. The van der Waals surface area contributed by atoms with Crippen molar-refractivity contribution in [3.8, 4) is 0 Å². The van der Waals surface area contributed by atoms with E-state index < -0.39 is 28.5 Å². The van der Waals surface area contributed by atoms with Crippen LogP contribution in [0, 0.1) is 0 Å². The van der Waals surface area contributed by atoms with Crippen LogP contribution in [-0.2, 0) is 35.5 Å². The Morgan fingerprint density at radius 1 is 0.939 bits per heavy atom. The highest BCUT2D eigenvalue weighted by molar-refractivity contribution is 7.89. The summed E-state index contributed by atoms with van der Waals surface area (Å²) in [4.78, 5) is 24.6. The Morgan fingerprint density at radius 3 is 2.39 bits per heavy atom. The highest BCUT2D eigenvalue weighted by Gasteiger charge is 2.26. The number of carbonyl (C=O) groups excluding carboxylic acids is 2. The van der Waals surface area contributed by atoms with Crippen molar-refractivity contribution in [1.82, 2.24) is 4.31 Å². The molecule has 1 N–H and O–H groups in total. The molecule has 33 heavy (non-hydrogen) atoms. The molecule has 1 saturated heterocycles. The van der Waals surface area contributed by atoms with Crippen LogP contribution >= 0.6 is 0 Å². The van der Waals surface area contributed by atoms with E-state index in [4.69, 9.17) is 9.47 Å². The number of ether oxygens (including phenoxy) is 2. The zero-order valence-corrected chi connectivity index (χ0v) is 18.7. The maximum Gasteiger partial charge on any atom is 0.310 e. The molecule has 8 nitrogen and oxygen atoms in total. The number of hydrogen-bond acceptors (Lipinski definition) is 6. The minimum absolute atomic E-state index is 0.0583. The number of benzene rings is 3. The zero-order chi connectivity index (χ0) is 23.3. The molecular formula is C24H24N2O6S. The fourth-order valence-electron chi connectivity index (χ4n) is 3.64.